The van der Waals surface area contributed by atoms with Crippen molar-refractivity contribution in [3.63, 3.8) is 0 Å². The molecule has 1 aromatic carbocycles. The molecule has 0 fully saturated rings. The van der Waals surface area contributed by atoms with E-state index in [1.807, 2.05) is 18.4 Å². The van der Waals surface area contributed by atoms with Crippen molar-refractivity contribution in [1.29, 1.82) is 0 Å². The van der Waals surface area contributed by atoms with Gasteiger partial charge in [0.05, 0.1) is 5.02 Å². The van der Waals surface area contributed by atoms with Crippen molar-refractivity contribution in [1.82, 2.24) is 24.1 Å². The zero-order valence-electron chi connectivity index (χ0n) is 14.5. The van der Waals surface area contributed by atoms with E-state index in [1.165, 1.54) is 15.7 Å². The SMILES string of the molecule is CC(C)n1c(Sc2nc3sccn3c2[N+](=O)[O-])nnc1-c1ccc(Cl)cc1Cl. The third kappa shape index (κ3) is 3.26. The van der Waals surface area contributed by atoms with Crippen LogP contribution in [0.25, 0.3) is 16.3 Å². The van der Waals surface area contributed by atoms with Gasteiger partial charge in [-0.1, -0.05) is 34.5 Å². The van der Waals surface area contributed by atoms with Gasteiger partial charge in [-0.15, -0.1) is 10.2 Å². The molecule has 0 atom stereocenters. The lowest BCUT2D eigenvalue weighted by Gasteiger charge is -2.14. The Bertz CT molecular complexity index is 1200. The molecule has 3 heterocycles. The first-order valence-corrected chi connectivity index (χ1v) is 10.5. The van der Waals surface area contributed by atoms with Crippen molar-refractivity contribution in [2.24, 2.45) is 0 Å². The summed E-state index contributed by atoms with van der Waals surface area (Å²) >= 11 is 14.8. The molecule has 0 N–H and O–H groups in total. The van der Waals surface area contributed by atoms with Gasteiger partial charge in [-0.05, 0) is 48.7 Å². The third-order valence-corrected chi connectivity index (χ3v) is 6.15. The molecule has 144 valence electrons. The molecule has 12 heteroatoms. The zero-order valence-corrected chi connectivity index (χ0v) is 17.7. The van der Waals surface area contributed by atoms with Gasteiger partial charge in [-0.25, -0.2) is 0 Å². The average molecular weight is 455 g/mol. The number of nitro groups is 1. The Kier molecular flexibility index (Phi) is 5.04. The van der Waals surface area contributed by atoms with Crippen LogP contribution in [0.5, 0.6) is 0 Å². The van der Waals surface area contributed by atoms with Crippen LogP contribution in [0, 0.1) is 10.1 Å². The lowest BCUT2D eigenvalue weighted by molar-refractivity contribution is -0.393. The Morgan fingerprint density at radius 2 is 2.07 bits per heavy atom. The number of thiazole rings is 1. The van der Waals surface area contributed by atoms with Crippen LogP contribution in [0.2, 0.25) is 10.0 Å². The summed E-state index contributed by atoms with van der Waals surface area (Å²) in [6.45, 7) is 3.95. The van der Waals surface area contributed by atoms with Crippen molar-refractivity contribution in [3.05, 3.63) is 49.9 Å². The van der Waals surface area contributed by atoms with E-state index in [0.717, 1.165) is 11.8 Å². The maximum Gasteiger partial charge on any atom is 0.363 e. The number of halogens is 2. The van der Waals surface area contributed by atoms with Crippen molar-refractivity contribution in [2.75, 3.05) is 0 Å². The van der Waals surface area contributed by atoms with Gasteiger partial charge >= 0.3 is 5.82 Å². The van der Waals surface area contributed by atoms with Gasteiger partial charge in [-0.3, -0.25) is 4.57 Å². The summed E-state index contributed by atoms with van der Waals surface area (Å²) in [5, 5.41) is 23.6. The van der Waals surface area contributed by atoms with Crippen LogP contribution in [0.3, 0.4) is 0 Å². The fourth-order valence-electron chi connectivity index (χ4n) is 2.74. The number of aromatic nitrogens is 5. The number of hydrogen-bond acceptors (Lipinski definition) is 7. The second kappa shape index (κ2) is 7.36. The summed E-state index contributed by atoms with van der Waals surface area (Å²) < 4.78 is 3.33. The van der Waals surface area contributed by atoms with Crippen molar-refractivity contribution in [3.8, 4) is 11.4 Å². The van der Waals surface area contributed by atoms with E-state index in [-0.39, 0.29) is 16.9 Å². The molecule has 8 nitrogen and oxygen atoms in total. The van der Waals surface area contributed by atoms with Gasteiger partial charge in [0.1, 0.15) is 6.20 Å². The molecule has 0 aliphatic heterocycles. The highest BCUT2D eigenvalue weighted by Gasteiger charge is 2.28. The van der Waals surface area contributed by atoms with E-state index >= 15 is 0 Å². The number of imidazole rings is 1. The molecule has 0 saturated carbocycles. The molecule has 0 bridgehead atoms. The summed E-state index contributed by atoms with van der Waals surface area (Å²) in [5.41, 5.74) is 0.680. The fourth-order valence-corrected chi connectivity index (χ4v) is 5.05. The lowest BCUT2D eigenvalue weighted by atomic mass is 10.2. The molecule has 0 aliphatic rings. The maximum absolute atomic E-state index is 11.6. The predicted octanol–water partition coefficient (Wildman–Crippen LogP) is 5.60. The van der Waals surface area contributed by atoms with Crippen molar-refractivity contribution < 1.29 is 4.92 Å². The standard InChI is InChI=1S/C16H12Cl2N6O2S2/c1-8(2)23-12(10-4-3-9(17)7-11(10)18)20-21-16(23)28-13-14(24(25)26)22-5-6-27-15(22)19-13/h3-8H,1-2H3. The molecule has 28 heavy (non-hydrogen) atoms. The van der Waals surface area contributed by atoms with Crippen LogP contribution in [0.4, 0.5) is 5.82 Å². The van der Waals surface area contributed by atoms with E-state index in [1.54, 1.807) is 29.8 Å². The van der Waals surface area contributed by atoms with Crippen LogP contribution in [-0.2, 0) is 0 Å². The number of benzene rings is 1. The monoisotopic (exact) mass is 454 g/mol. The minimum atomic E-state index is -0.442. The average Bonchev–Trinajstić information content (AvgIpc) is 3.28. The molecular weight excluding hydrogens is 443 g/mol. The number of rotatable bonds is 5. The zero-order chi connectivity index (χ0) is 20.0. The van der Waals surface area contributed by atoms with E-state index in [2.05, 4.69) is 15.2 Å². The highest BCUT2D eigenvalue weighted by atomic mass is 35.5. The fraction of sp³-hybridized carbons (Fsp3) is 0.188. The molecule has 0 amide bonds. The predicted molar refractivity (Wildman–Crippen MR) is 110 cm³/mol. The minimum absolute atomic E-state index is 0.0120. The molecule has 0 aliphatic carbocycles. The van der Waals surface area contributed by atoms with Crippen molar-refractivity contribution in [2.45, 2.75) is 30.1 Å². The van der Waals surface area contributed by atoms with Crippen LogP contribution in [0.1, 0.15) is 19.9 Å². The molecule has 4 aromatic rings. The van der Waals surface area contributed by atoms with Gasteiger partial charge in [-0.2, -0.15) is 9.38 Å². The number of nitrogens with zero attached hydrogens (tertiary/aromatic N) is 6. The molecular formula is C16H12Cl2N6O2S2. The van der Waals surface area contributed by atoms with Crippen molar-refractivity contribution >= 4 is 57.1 Å². The summed E-state index contributed by atoms with van der Waals surface area (Å²) in [5.74, 6) is 0.466. The highest BCUT2D eigenvalue weighted by molar-refractivity contribution is 7.99. The van der Waals surface area contributed by atoms with Crippen LogP contribution in [-0.4, -0.2) is 29.1 Å². The van der Waals surface area contributed by atoms with Gasteiger partial charge in [0.25, 0.3) is 4.96 Å². The Morgan fingerprint density at radius 1 is 1.29 bits per heavy atom. The first-order valence-electron chi connectivity index (χ1n) is 8.05. The summed E-state index contributed by atoms with van der Waals surface area (Å²) in [4.78, 5) is 16.1. The largest absolute Gasteiger partial charge is 0.363 e. The van der Waals surface area contributed by atoms with Gasteiger partial charge < -0.3 is 10.1 Å². The van der Waals surface area contributed by atoms with Crippen LogP contribution < -0.4 is 0 Å². The first-order chi connectivity index (χ1) is 13.4. The number of hydrogen-bond donors (Lipinski definition) is 0. The van der Waals surface area contributed by atoms with Gasteiger partial charge in [0.2, 0.25) is 5.03 Å². The Balaban J connectivity index is 1.82. The summed E-state index contributed by atoms with van der Waals surface area (Å²) in [6, 6.07) is 5.13. The first kappa shape index (κ1) is 19.2. The minimum Gasteiger partial charge on any atom is -0.358 e. The van der Waals surface area contributed by atoms with Gasteiger partial charge in [0.15, 0.2) is 11.0 Å². The molecule has 3 aromatic heterocycles. The molecule has 0 unspecified atom stereocenters. The van der Waals surface area contributed by atoms with E-state index in [9.17, 15) is 10.1 Å². The smallest absolute Gasteiger partial charge is 0.358 e. The lowest BCUT2D eigenvalue weighted by Crippen LogP contribution is -2.05. The number of fused-ring (bicyclic) bond motifs is 1. The summed E-state index contributed by atoms with van der Waals surface area (Å²) in [6.07, 6.45) is 1.63. The normalized spacial score (nSPS) is 11.6. The highest BCUT2D eigenvalue weighted by Crippen LogP contribution is 2.39. The van der Waals surface area contributed by atoms with E-state index < -0.39 is 4.92 Å². The topological polar surface area (TPSA) is 91.2 Å². The van der Waals surface area contributed by atoms with Gasteiger partial charge in [0, 0.05) is 22.0 Å². The van der Waals surface area contributed by atoms with E-state index in [4.69, 9.17) is 23.2 Å². The molecule has 0 spiro atoms. The second-order valence-corrected chi connectivity index (χ2v) is 8.72. The van der Waals surface area contributed by atoms with E-state index in [0.29, 0.717) is 31.6 Å². The Labute approximate surface area is 177 Å². The Hall–Kier alpha value is -2.14. The van der Waals surface area contributed by atoms with Crippen LogP contribution >= 0.6 is 46.3 Å². The third-order valence-electron chi connectivity index (χ3n) is 3.92. The second-order valence-electron chi connectivity index (χ2n) is 6.05. The Morgan fingerprint density at radius 3 is 2.75 bits per heavy atom. The quantitative estimate of drug-likeness (QED) is 0.287. The molecule has 4 rings (SSSR count). The molecule has 0 radical (unpaired) electrons. The maximum atomic E-state index is 11.6. The molecule has 0 saturated heterocycles. The summed E-state index contributed by atoms with van der Waals surface area (Å²) in [7, 11) is 0. The van der Waals surface area contributed by atoms with Crippen LogP contribution in [0.15, 0.2) is 40.0 Å².